The molecular formula is C23H26N2O5. The zero-order valence-electron chi connectivity index (χ0n) is 17.6. The summed E-state index contributed by atoms with van der Waals surface area (Å²) in [6.07, 6.45) is 0. The van der Waals surface area contributed by atoms with Crippen LogP contribution in [0.3, 0.4) is 0 Å². The first-order chi connectivity index (χ1) is 14.4. The molecule has 0 bridgehead atoms. The van der Waals surface area contributed by atoms with Crippen molar-refractivity contribution in [3.8, 4) is 11.5 Å². The number of likely N-dealkylation sites (tertiary alicyclic amines) is 1. The smallest absolute Gasteiger partial charge is 0.295 e. The van der Waals surface area contributed by atoms with E-state index in [-0.39, 0.29) is 11.3 Å². The van der Waals surface area contributed by atoms with Crippen LogP contribution in [0.5, 0.6) is 11.5 Å². The fourth-order valence-electron chi connectivity index (χ4n) is 3.56. The highest BCUT2D eigenvalue weighted by molar-refractivity contribution is 6.46. The second kappa shape index (κ2) is 9.00. The van der Waals surface area contributed by atoms with Crippen LogP contribution < -0.4 is 9.47 Å². The molecule has 1 N–H and O–H groups in total. The molecule has 1 fully saturated rings. The van der Waals surface area contributed by atoms with Gasteiger partial charge in [0.25, 0.3) is 11.7 Å². The first-order valence-electron chi connectivity index (χ1n) is 9.59. The minimum absolute atomic E-state index is 0.0384. The van der Waals surface area contributed by atoms with E-state index in [1.165, 1.54) is 12.0 Å². The zero-order chi connectivity index (χ0) is 21.8. The molecule has 0 spiro atoms. The number of rotatable bonds is 7. The minimum atomic E-state index is -0.732. The van der Waals surface area contributed by atoms with Crippen LogP contribution in [-0.2, 0) is 9.59 Å². The molecule has 1 saturated heterocycles. The van der Waals surface area contributed by atoms with Crippen LogP contribution in [0, 0.1) is 0 Å². The van der Waals surface area contributed by atoms with Gasteiger partial charge in [0.1, 0.15) is 17.3 Å². The van der Waals surface area contributed by atoms with Crippen LogP contribution >= 0.6 is 0 Å². The van der Waals surface area contributed by atoms with Gasteiger partial charge in [-0.1, -0.05) is 24.3 Å². The maximum atomic E-state index is 13.0. The Morgan fingerprint density at radius 2 is 1.80 bits per heavy atom. The lowest BCUT2D eigenvalue weighted by Gasteiger charge is -2.27. The second-order valence-corrected chi connectivity index (χ2v) is 7.27. The molecule has 0 aromatic heterocycles. The van der Waals surface area contributed by atoms with Crippen LogP contribution in [0.2, 0.25) is 0 Å². The quantitative estimate of drug-likeness (QED) is 0.430. The van der Waals surface area contributed by atoms with Crippen molar-refractivity contribution in [1.82, 2.24) is 9.80 Å². The standard InChI is InChI=1S/C23H26N2O5/c1-24(2)12-13-25-20(15-8-7-9-16(14-15)29-3)19(22(27)23(25)28)21(26)17-10-5-6-11-18(17)30-4/h5-11,14,20,26H,12-13H2,1-4H3/b21-19-. The highest BCUT2D eigenvalue weighted by Crippen LogP contribution is 2.41. The van der Waals surface area contributed by atoms with Crippen LogP contribution in [0.15, 0.2) is 54.1 Å². The molecule has 2 aromatic carbocycles. The van der Waals surface area contributed by atoms with Crippen molar-refractivity contribution in [2.45, 2.75) is 6.04 Å². The largest absolute Gasteiger partial charge is 0.507 e. The maximum absolute atomic E-state index is 13.0. The van der Waals surface area contributed by atoms with Crippen molar-refractivity contribution >= 4 is 17.4 Å². The van der Waals surface area contributed by atoms with Crippen molar-refractivity contribution in [3.05, 3.63) is 65.2 Å². The van der Waals surface area contributed by atoms with E-state index in [1.54, 1.807) is 49.6 Å². The molecule has 7 heteroatoms. The number of para-hydroxylation sites is 1. The number of aliphatic hydroxyl groups excluding tert-OH is 1. The second-order valence-electron chi connectivity index (χ2n) is 7.27. The lowest BCUT2D eigenvalue weighted by atomic mass is 9.95. The molecule has 1 unspecified atom stereocenters. The highest BCUT2D eigenvalue weighted by Gasteiger charge is 2.46. The number of carbonyl (C=O) groups is 2. The van der Waals surface area contributed by atoms with Crippen molar-refractivity contribution in [2.24, 2.45) is 0 Å². The van der Waals surface area contributed by atoms with E-state index in [0.717, 1.165) is 0 Å². The lowest BCUT2D eigenvalue weighted by Crippen LogP contribution is -2.35. The monoisotopic (exact) mass is 410 g/mol. The maximum Gasteiger partial charge on any atom is 0.295 e. The SMILES string of the molecule is COc1cccc(C2/C(=C(/O)c3ccccc3OC)C(=O)C(=O)N2CCN(C)C)c1. The number of ketones is 1. The summed E-state index contributed by atoms with van der Waals surface area (Å²) >= 11 is 0. The molecule has 3 rings (SSSR count). The summed E-state index contributed by atoms with van der Waals surface area (Å²) in [6.45, 7) is 0.907. The van der Waals surface area contributed by atoms with Crippen molar-refractivity contribution in [1.29, 1.82) is 0 Å². The van der Waals surface area contributed by atoms with Gasteiger partial charge in [0.15, 0.2) is 0 Å². The zero-order valence-corrected chi connectivity index (χ0v) is 17.6. The molecule has 1 amide bonds. The number of ether oxygens (including phenoxy) is 2. The van der Waals surface area contributed by atoms with E-state index in [0.29, 0.717) is 35.7 Å². The molecule has 2 aromatic rings. The predicted molar refractivity (Wildman–Crippen MR) is 114 cm³/mol. The van der Waals surface area contributed by atoms with Gasteiger partial charge >= 0.3 is 0 Å². The lowest BCUT2D eigenvalue weighted by molar-refractivity contribution is -0.140. The molecule has 158 valence electrons. The minimum Gasteiger partial charge on any atom is -0.507 e. The molecule has 0 saturated carbocycles. The van der Waals surface area contributed by atoms with Gasteiger partial charge in [-0.2, -0.15) is 0 Å². The summed E-state index contributed by atoms with van der Waals surface area (Å²) in [5.41, 5.74) is 1.08. The summed E-state index contributed by atoms with van der Waals surface area (Å²) < 4.78 is 10.7. The number of methoxy groups -OCH3 is 2. The molecule has 1 aliphatic heterocycles. The van der Waals surface area contributed by atoms with Crippen LogP contribution in [-0.4, -0.2) is 68.0 Å². The van der Waals surface area contributed by atoms with Gasteiger partial charge in [0.05, 0.1) is 31.4 Å². The number of amides is 1. The van der Waals surface area contributed by atoms with Crippen LogP contribution in [0.1, 0.15) is 17.2 Å². The van der Waals surface area contributed by atoms with Gasteiger partial charge in [-0.25, -0.2) is 0 Å². The first-order valence-corrected chi connectivity index (χ1v) is 9.59. The number of Topliss-reactive ketones (excluding diaryl/α,β-unsaturated/α-hetero) is 1. The van der Waals surface area contributed by atoms with Gasteiger partial charge in [-0.15, -0.1) is 0 Å². The Morgan fingerprint density at radius 3 is 2.47 bits per heavy atom. The normalized spacial score (nSPS) is 18.2. The number of hydrogen-bond acceptors (Lipinski definition) is 6. The molecule has 1 heterocycles. The Bertz CT molecular complexity index is 983. The Balaban J connectivity index is 2.20. The Labute approximate surface area is 176 Å². The van der Waals surface area contributed by atoms with Gasteiger partial charge in [0, 0.05) is 13.1 Å². The number of benzene rings is 2. The van der Waals surface area contributed by atoms with E-state index >= 15 is 0 Å². The predicted octanol–water partition coefficient (Wildman–Crippen LogP) is 2.69. The third-order valence-electron chi connectivity index (χ3n) is 5.10. The summed E-state index contributed by atoms with van der Waals surface area (Å²) in [5, 5.41) is 11.1. The van der Waals surface area contributed by atoms with Gasteiger partial charge in [-0.3, -0.25) is 9.59 Å². The average Bonchev–Trinajstić information content (AvgIpc) is 3.01. The first kappa shape index (κ1) is 21.4. The number of carbonyl (C=O) groups excluding carboxylic acids is 2. The summed E-state index contributed by atoms with van der Waals surface area (Å²) in [4.78, 5) is 29.4. The molecule has 0 aliphatic carbocycles. The van der Waals surface area contributed by atoms with Gasteiger partial charge < -0.3 is 24.4 Å². The van der Waals surface area contributed by atoms with E-state index in [9.17, 15) is 14.7 Å². The summed E-state index contributed by atoms with van der Waals surface area (Å²) in [5.74, 6) is -0.598. The third-order valence-corrected chi connectivity index (χ3v) is 5.10. The van der Waals surface area contributed by atoms with E-state index < -0.39 is 17.7 Å². The molecule has 1 aliphatic rings. The number of hydrogen-bond donors (Lipinski definition) is 1. The van der Waals surface area contributed by atoms with Gasteiger partial charge in [0.2, 0.25) is 0 Å². The average molecular weight is 410 g/mol. The Morgan fingerprint density at radius 1 is 1.07 bits per heavy atom. The van der Waals surface area contributed by atoms with E-state index in [4.69, 9.17) is 9.47 Å². The molecule has 1 atom stereocenters. The molecule has 0 radical (unpaired) electrons. The van der Waals surface area contributed by atoms with E-state index in [1.807, 2.05) is 25.1 Å². The van der Waals surface area contributed by atoms with Crippen LogP contribution in [0.25, 0.3) is 5.76 Å². The fourth-order valence-corrected chi connectivity index (χ4v) is 3.56. The number of likely N-dealkylation sites (N-methyl/N-ethyl adjacent to an activating group) is 1. The molecule has 7 nitrogen and oxygen atoms in total. The van der Waals surface area contributed by atoms with Crippen LogP contribution in [0.4, 0.5) is 0 Å². The highest BCUT2D eigenvalue weighted by atomic mass is 16.5. The number of aliphatic hydroxyl groups is 1. The van der Waals surface area contributed by atoms with E-state index in [2.05, 4.69) is 0 Å². The molecular weight excluding hydrogens is 384 g/mol. The van der Waals surface area contributed by atoms with Gasteiger partial charge in [-0.05, 0) is 43.9 Å². The Hall–Kier alpha value is -3.32. The van der Waals surface area contributed by atoms with Crippen molar-refractivity contribution < 1.29 is 24.2 Å². The third kappa shape index (κ3) is 4.02. The Kier molecular flexibility index (Phi) is 6.42. The fraction of sp³-hybridized carbons (Fsp3) is 0.304. The summed E-state index contributed by atoms with van der Waals surface area (Å²) in [7, 11) is 6.83. The van der Waals surface area contributed by atoms with Crippen molar-refractivity contribution in [3.63, 3.8) is 0 Å². The number of nitrogens with zero attached hydrogens (tertiary/aromatic N) is 2. The summed E-state index contributed by atoms with van der Waals surface area (Å²) in [6, 6.07) is 13.3. The topological polar surface area (TPSA) is 79.3 Å². The molecule has 30 heavy (non-hydrogen) atoms. The van der Waals surface area contributed by atoms with Crippen molar-refractivity contribution in [2.75, 3.05) is 41.4 Å².